The summed E-state index contributed by atoms with van der Waals surface area (Å²) in [4.78, 5) is 2.49. The van der Waals surface area contributed by atoms with Gasteiger partial charge < -0.3 is 10.2 Å². The zero-order chi connectivity index (χ0) is 12.3. The van der Waals surface area contributed by atoms with Crippen LogP contribution in [0.4, 0.5) is 5.69 Å². The molecule has 1 atom stereocenters. The van der Waals surface area contributed by atoms with Crippen LogP contribution in [0.2, 0.25) is 0 Å². The Balaban J connectivity index is 1.95. The van der Waals surface area contributed by atoms with Gasteiger partial charge in [0.15, 0.2) is 0 Å². The summed E-state index contributed by atoms with van der Waals surface area (Å²) in [5.74, 6) is 0. The van der Waals surface area contributed by atoms with Crippen molar-refractivity contribution in [2.24, 2.45) is 0 Å². The van der Waals surface area contributed by atoms with Crippen LogP contribution in [0.3, 0.4) is 0 Å². The minimum Gasteiger partial charge on any atom is -0.370 e. The van der Waals surface area contributed by atoms with E-state index < -0.39 is 0 Å². The van der Waals surface area contributed by atoms with Gasteiger partial charge in [0.2, 0.25) is 0 Å². The van der Waals surface area contributed by atoms with Crippen LogP contribution in [0, 0.1) is 0 Å². The van der Waals surface area contributed by atoms with Crippen molar-refractivity contribution >= 4 is 5.69 Å². The lowest BCUT2D eigenvalue weighted by atomic mass is 10.1. The zero-order valence-corrected chi connectivity index (χ0v) is 11.2. The van der Waals surface area contributed by atoms with E-state index in [-0.39, 0.29) is 0 Å². The Morgan fingerprint density at radius 1 is 1.29 bits per heavy atom. The van der Waals surface area contributed by atoms with Gasteiger partial charge in [-0.2, -0.15) is 0 Å². The Morgan fingerprint density at radius 2 is 2.00 bits per heavy atom. The van der Waals surface area contributed by atoms with Crippen molar-refractivity contribution in [3.8, 4) is 0 Å². The maximum atomic E-state index is 3.62. The van der Waals surface area contributed by atoms with Crippen molar-refractivity contribution in [2.45, 2.75) is 45.7 Å². The number of aryl methyl sites for hydroxylation is 1. The first-order chi connectivity index (χ1) is 8.19. The molecule has 2 rings (SSSR count). The van der Waals surface area contributed by atoms with Crippen LogP contribution < -0.4 is 10.2 Å². The smallest absolute Gasteiger partial charge is 0.0366 e. The third kappa shape index (κ3) is 3.22. The fourth-order valence-corrected chi connectivity index (χ4v) is 2.54. The van der Waals surface area contributed by atoms with E-state index in [2.05, 4.69) is 55.3 Å². The Morgan fingerprint density at radius 3 is 2.59 bits per heavy atom. The first-order valence-corrected chi connectivity index (χ1v) is 6.79. The molecule has 2 heteroatoms. The lowest BCUT2D eigenvalue weighted by Gasteiger charge is -2.20. The Bertz CT molecular complexity index is 342. The van der Waals surface area contributed by atoms with Gasteiger partial charge in [0, 0.05) is 30.9 Å². The zero-order valence-electron chi connectivity index (χ0n) is 11.2. The number of anilines is 1. The molecule has 1 fully saturated rings. The van der Waals surface area contributed by atoms with Gasteiger partial charge >= 0.3 is 0 Å². The van der Waals surface area contributed by atoms with Crippen LogP contribution in [0.25, 0.3) is 0 Å². The number of nitrogens with one attached hydrogen (secondary N) is 1. The molecule has 0 spiro atoms. The summed E-state index contributed by atoms with van der Waals surface area (Å²) in [6, 6.07) is 10.3. The molecule has 1 unspecified atom stereocenters. The van der Waals surface area contributed by atoms with E-state index in [1.807, 2.05) is 0 Å². The van der Waals surface area contributed by atoms with Crippen molar-refractivity contribution in [1.29, 1.82) is 0 Å². The molecule has 0 bridgehead atoms. The van der Waals surface area contributed by atoms with Gasteiger partial charge in [0.05, 0.1) is 0 Å². The second-order valence-corrected chi connectivity index (χ2v) is 5.27. The highest BCUT2D eigenvalue weighted by molar-refractivity contribution is 5.48. The number of rotatable bonds is 4. The highest BCUT2D eigenvalue weighted by Gasteiger charge is 2.22. The summed E-state index contributed by atoms with van der Waals surface area (Å²) in [6.45, 7) is 8.96. The van der Waals surface area contributed by atoms with Crippen molar-refractivity contribution in [3.63, 3.8) is 0 Å². The standard InChI is InChI=1S/C15H24N2/c1-4-13-5-7-15(8-6-13)17-10-9-14(11-17)16-12(2)3/h5-8,12,14,16H,4,9-11H2,1-3H3. The molecule has 0 amide bonds. The Hall–Kier alpha value is -1.02. The van der Waals surface area contributed by atoms with Crippen molar-refractivity contribution in [3.05, 3.63) is 29.8 Å². The van der Waals surface area contributed by atoms with Gasteiger partial charge in [0.1, 0.15) is 0 Å². The molecule has 0 saturated carbocycles. The van der Waals surface area contributed by atoms with Gasteiger partial charge in [-0.1, -0.05) is 32.9 Å². The van der Waals surface area contributed by atoms with Gasteiger partial charge in [-0.25, -0.2) is 0 Å². The Labute approximate surface area is 105 Å². The van der Waals surface area contributed by atoms with Crippen LogP contribution in [0.15, 0.2) is 24.3 Å². The molecular formula is C15H24N2. The first kappa shape index (κ1) is 12.4. The molecule has 1 aliphatic rings. The molecule has 1 aromatic rings. The van der Waals surface area contributed by atoms with E-state index in [1.54, 1.807) is 0 Å². The van der Waals surface area contributed by atoms with E-state index >= 15 is 0 Å². The van der Waals surface area contributed by atoms with E-state index in [0.29, 0.717) is 12.1 Å². The maximum Gasteiger partial charge on any atom is 0.0366 e. The summed E-state index contributed by atoms with van der Waals surface area (Å²) in [5.41, 5.74) is 2.79. The lowest BCUT2D eigenvalue weighted by Crippen LogP contribution is -2.36. The van der Waals surface area contributed by atoms with Gasteiger partial charge in [-0.3, -0.25) is 0 Å². The summed E-state index contributed by atoms with van der Waals surface area (Å²) >= 11 is 0. The fraction of sp³-hybridized carbons (Fsp3) is 0.600. The van der Waals surface area contributed by atoms with Gasteiger partial charge in [-0.05, 0) is 30.5 Å². The monoisotopic (exact) mass is 232 g/mol. The lowest BCUT2D eigenvalue weighted by molar-refractivity contribution is 0.492. The summed E-state index contributed by atoms with van der Waals surface area (Å²) < 4.78 is 0. The molecule has 1 aromatic carbocycles. The molecule has 0 aliphatic carbocycles. The van der Waals surface area contributed by atoms with Crippen LogP contribution in [-0.4, -0.2) is 25.2 Å². The number of hydrogen-bond donors (Lipinski definition) is 1. The average Bonchev–Trinajstić information content (AvgIpc) is 2.77. The largest absolute Gasteiger partial charge is 0.370 e. The van der Waals surface area contributed by atoms with E-state index in [1.165, 1.54) is 24.2 Å². The minimum absolute atomic E-state index is 0.586. The molecule has 17 heavy (non-hydrogen) atoms. The predicted octanol–water partition coefficient (Wildman–Crippen LogP) is 2.83. The van der Waals surface area contributed by atoms with Gasteiger partial charge in [-0.15, -0.1) is 0 Å². The molecule has 1 heterocycles. The van der Waals surface area contributed by atoms with Gasteiger partial charge in [0.25, 0.3) is 0 Å². The van der Waals surface area contributed by atoms with E-state index in [4.69, 9.17) is 0 Å². The summed E-state index contributed by atoms with van der Waals surface area (Å²) in [5, 5.41) is 3.62. The van der Waals surface area contributed by atoms with Crippen molar-refractivity contribution in [1.82, 2.24) is 5.32 Å². The van der Waals surface area contributed by atoms with Crippen LogP contribution in [-0.2, 0) is 6.42 Å². The number of nitrogens with zero attached hydrogens (tertiary/aromatic N) is 1. The predicted molar refractivity (Wildman–Crippen MR) is 74.7 cm³/mol. The molecular weight excluding hydrogens is 208 g/mol. The van der Waals surface area contributed by atoms with Crippen LogP contribution >= 0.6 is 0 Å². The van der Waals surface area contributed by atoms with E-state index in [9.17, 15) is 0 Å². The third-order valence-corrected chi connectivity index (χ3v) is 3.47. The van der Waals surface area contributed by atoms with Crippen molar-refractivity contribution in [2.75, 3.05) is 18.0 Å². The first-order valence-electron chi connectivity index (χ1n) is 6.79. The SMILES string of the molecule is CCc1ccc(N2CCC(NC(C)C)C2)cc1. The quantitative estimate of drug-likeness (QED) is 0.858. The topological polar surface area (TPSA) is 15.3 Å². The number of hydrogen-bond acceptors (Lipinski definition) is 2. The van der Waals surface area contributed by atoms with E-state index in [0.717, 1.165) is 13.0 Å². The molecule has 0 radical (unpaired) electrons. The second kappa shape index (κ2) is 5.54. The second-order valence-electron chi connectivity index (χ2n) is 5.27. The maximum absolute atomic E-state index is 3.62. The molecule has 2 nitrogen and oxygen atoms in total. The van der Waals surface area contributed by atoms with Crippen molar-refractivity contribution < 1.29 is 0 Å². The normalized spacial score (nSPS) is 20.2. The fourth-order valence-electron chi connectivity index (χ4n) is 2.54. The third-order valence-electron chi connectivity index (χ3n) is 3.47. The highest BCUT2D eigenvalue weighted by atomic mass is 15.2. The number of benzene rings is 1. The minimum atomic E-state index is 0.586. The van der Waals surface area contributed by atoms with Crippen LogP contribution in [0.5, 0.6) is 0 Å². The molecule has 1 N–H and O–H groups in total. The average molecular weight is 232 g/mol. The summed E-state index contributed by atoms with van der Waals surface area (Å²) in [7, 11) is 0. The molecule has 1 saturated heterocycles. The summed E-state index contributed by atoms with van der Waals surface area (Å²) in [6.07, 6.45) is 2.38. The molecule has 94 valence electrons. The Kier molecular flexibility index (Phi) is 4.06. The molecule has 0 aromatic heterocycles. The highest BCUT2D eigenvalue weighted by Crippen LogP contribution is 2.21. The molecule has 1 aliphatic heterocycles. The van der Waals surface area contributed by atoms with Crippen LogP contribution in [0.1, 0.15) is 32.8 Å².